The third-order valence-electron chi connectivity index (χ3n) is 4.76. The summed E-state index contributed by atoms with van der Waals surface area (Å²) >= 11 is 0. The molecule has 0 aliphatic rings. The summed E-state index contributed by atoms with van der Waals surface area (Å²) in [6.45, 7) is 7.29. The van der Waals surface area contributed by atoms with Crippen molar-refractivity contribution in [3.8, 4) is 0 Å². The van der Waals surface area contributed by atoms with Crippen LogP contribution in [0.25, 0.3) is 0 Å². The molecule has 0 aliphatic carbocycles. The summed E-state index contributed by atoms with van der Waals surface area (Å²) in [4.78, 5) is 19.3. The Labute approximate surface area is 155 Å². The van der Waals surface area contributed by atoms with Gasteiger partial charge in [-0.2, -0.15) is 0 Å². The second-order valence-corrected chi connectivity index (χ2v) is 6.75. The average molecular weight is 344 g/mol. The van der Waals surface area contributed by atoms with Gasteiger partial charge in [-0.15, -0.1) is 0 Å². The van der Waals surface area contributed by atoms with E-state index in [1.54, 1.807) is 6.20 Å². The molecule has 0 fully saturated rings. The number of carbonyl (C=O) groups is 1. The number of aromatic nitrogens is 1. The zero-order valence-electron chi connectivity index (χ0n) is 15.6. The van der Waals surface area contributed by atoms with Gasteiger partial charge in [0.15, 0.2) is 0 Å². The molecule has 0 unspecified atom stereocenters. The van der Waals surface area contributed by atoms with Gasteiger partial charge >= 0.3 is 0 Å². The number of hydrogen-bond donors (Lipinski definition) is 0. The van der Waals surface area contributed by atoms with Crippen LogP contribution in [0.15, 0.2) is 67.0 Å². The maximum absolute atomic E-state index is 13.2. The number of nitrogens with zero attached hydrogens (tertiary/aromatic N) is 2. The Bertz CT molecular complexity index is 903. The minimum absolute atomic E-state index is 0.0419. The summed E-state index contributed by atoms with van der Waals surface area (Å²) in [5.41, 5.74) is 6.43. The number of benzene rings is 2. The zero-order valence-corrected chi connectivity index (χ0v) is 15.6. The number of hydrogen-bond acceptors (Lipinski definition) is 2. The molecule has 0 saturated heterocycles. The van der Waals surface area contributed by atoms with Crippen molar-refractivity contribution in [2.75, 3.05) is 0 Å². The normalized spacial score (nSPS) is 10.6. The van der Waals surface area contributed by atoms with Crippen molar-refractivity contribution in [3.63, 3.8) is 0 Å². The van der Waals surface area contributed by atoms with E-state index in [2.05, 4.69) is 31.0 Å². The molecular weight excluding hydrogens is 320 g/mol. The van der Waals surface area contributed by atoms with E-state index in [1.807, 2.05) is 60.5 Å². The molecule has 3 aromatic rings. The number of rotatable bonds is 5. The lowest BCUT2D eigenvalue weighted by molar-refractivity contribution is 0.0729. The van der Waals surface area contributed by atoms with Crippen LogP contribution in [-0.2, 0) is 13.1 Å². The van der Waals surface area contributed by atoms with E-state index < -0.39 is 0 Å². The fourth-order valence-corrected chi connectivity index (χ4v) is 2.96. The fraction of sp³-hybridized carbons (Fsp3) is 0.217. The molecule has 0 aliphatic heterocycles. The Morgan fingerprint density at radius 2 is 1.69 bits per heavy atom. The van der Waals surface area contributed by atoms with Crippen LogP contribution in [-0.4, -0.2) is 15.8 Å². The van der Waals surface area contributed by atoms with Crippen LogP contribution in [0.4, 0.5) is 0 Å². The van der Waals surface area contributed by atoms with Gasteiger partial charge in [0.1, 0.15) is 0 Å². The van der Waals surface area contributed by atoms with Crippen molar-refractivity contribution in [1.29, 1.82) is 0 Å². The highest BCUT2D eigenvalue weighted by Crippen LogP contribution is 2.18. The first kappa shape index (κ1) is 17.9. The average Bonchev–Trinajstić information content (AvgIpc) is 2.65. The zero-order chi connectivity index (χ0) is 18.5. The molecule has 0 atom stereocenters. The van der Waals surface area contributed by atoms with Crippen LogP contribution in [0.1, 0.15) is 38.2 Å². The van der Waals surface area contributed by atoms with Gasteiger partial charge in [-0.05, 0) is 66.8 Å². The highest BCUT2D eigenvalue weighted by molar-refractivity contribution is 5.94. The van der Waals surface area contributed by atoms with Crippen molar-refractivity contribution in [1.82, 2.24) is 9.88 Å². The van der Waals surface area contributed by atoms with E-state index in [1.165, 1.54) is 11.1 Å². The topological polar surface area (TPSA) is 33.2 Å². The first-order valence-electron chi connectivity index (χ1n) is 8.84. The molecule has 0 spiro atoms. The molecule has 0 bridgehead atoms. The van der Waals surface area contributed by atoms with Crippen LogP contribution < -0.4 is 0 Å². The number of amides is 1. The maximum atomic E-state index is 13.2. The first-order chi connectivity index (χ1) is 12.5. The Morgan fingerprint density at radius 3 is 2.38 bits per heavy atom. The predicted molar refractivity (Wildman–Crippen MR) is 105 cm³/mol. The van der Waals surface area contributed by atoms with Crippen LogP contribution >= 0.6 is 0 Å². The summed E-state index contributed by atoms with van der Waals surface area (Å²) in [7, 11) is 0. The van der Waals surface area contributed by atoms with Crippen LogP contribution in [0.2, 0.25) is 0 Å². The third-order valence-corrected chi connectivity index (χ3v) is 4.76. The van der Waals surface area contributed by atoms with Gasteiger partial charge in [-0.25, -0.2) is 0 Å². The van der Waals surface area contributed by atoms with Crippen molar-refractivity contribution in [2.45, 2.75) is 33.9 Å². The molecule has 0 saturated carbocycles. The van der Waals surface area contributed by atoms with Gasteiger partial charge < -0.3 is 4.90 Å². The van der Waals surface area contributed by atoms with E-state index in [0.29, 0.717) is 13.1 Å². The highest BCUT2D eigenvalue weighted by atomic mass is 16.2. The molecule has 1 heterocycles. The first-order valence-corrected chi connectivity index (χ1v) is 8.84. The Hall–Kier alpha value is -2.94. The second-order valence-electron chi connectivity index (χ2n) is 6.75. The van der Waals surface area contributed by atoms with Gasteiger partial charge in [0.2, 0.25) is 0 Å². The molecule has 3 rings (SSSR count). The number of carbonyl (C=O) groups excluding carboxylic acids is 1. The molecule has 3 nitrogen and oxygen atoms in total. The molecule has 132 valence electrons. The van der Waals surface area contributed by atoms with E-state index >= 15 is 0 Å². The van der Waals surface area contributed by atoms with Crippen molar-refractivity contribution < 1.29 is 4.79 Å². The van der Waals surface area contributed by atoms with Crippen molar-refractivity contribution in [2.24, 2.45) is 0 Å². The van der Waals surface area contributed by atoms with Crippen LogP contribution in [0.3, 0.4) is 0 Å². The minimum atomic E-state index is 0.0419. The van der Waals surface area contributed by atoms with Gasteiger partial charge in [-0.1, -0.05) is 36.4 Å². The molecule has 0 N–H and O–H groups in total. The molecule has 2 aromatic carbocycles. The van der Waals surface area contributed by atoms with Crippen molar-refractivity contribution >= 4 is 5.91 Å². The van der Waals surface area contributed by atoms with E-state index in [0.717, 1.165) is 22.3 Å². The second kappa shape index (κ2) is 7.96. The standard InChI is InChI=1S/C23H24N2O/c1-17-10-11-21(13-19(17)3)23(26)25(15-20-8-6-12-24-14-20)16-22-9-5-4-7-18(22)2/h4-14H,15-16H2,1-3H3. The highest BCUT2D eigenvalue weighted by Gasteiger charge is 2.18. The summed E-state index contributed by atoms with van der Waals surface area (Å²) in [5.74, 6) is 0.0419. The SMILES string of the molecule is Cc1ccc(C(=O)N(Cc2cccnc2)Cc2ccccc2C)cc1C. The molecule has 0 radical (unpaired) electrons. The van der Waals surface area contributed by atoms with Gasteiger partial charge in [-0.3, -0.25) is 9.78 Å². The molecule has 1 aromatic heterocycles. The Balaban J connectivity index is 1.92. The molecule has 26 heavy (non-hydrogen) atoms. The van der Waals surface area contributed by atoms with Gasteiger partial charge in [0, 0.05) is 31.0 Å². The number of pyridine rings is 1. The monoisotopic (exact) mass is 344 g/mol. The fourth-order valence-electron chi connectivity index (χ4n) is 2.96. The van der Waals surface area contributed by atoms with Crippen LogP contribution in [0.5, 0.6) is 0 Å². The summed E-state index contributed by atoms with van der Waals surface area (Å²) < 4.78 is 0. The van der Waals surface area contributed by atoms with Gasteiger partial charge in [0.25, 0.3) is 5.91 Å². The lowest BCUT2D eigenvalue weighted by Gasteiger charge is -2.24. The predicted octanol–water partition coefficient (Wildman–Crippen LogP) is 4.85. The quantitative estimate of drug-likeness (QED) is 0.663. The summed E-state index contributed by atoms with van der Waals surface area (Å²) in [5, 5.41) is 0. The molecular formula is C23H24N2O. The lowest BCUT2D eigenvalue weighted by Crippen LogP contribution is -2.30. The van der Waals surface area contributed by atoms with E-state index in [9.17, 15) is 4.79 Å². The van der Waals surface area contributed by atoms with E-state index in [4.69, 9.17) is 0 Å². The summed E-state index contributed by atoms with van der Waals surface area (Å²) in [6.07, 6.45) is 3.57. The van der Waals surface area contributed by atoms with Gasteiger partial charge in [0.05, 0.1) is 0 Å². The van der Waals surface area contributed by atoms with Crippen LogP contribution in [0, 0.1) is 20.8 Å². The molecule has 1 amide bonds. The van der Waals surface area contributed by atoms with Crippen molar-refractivity contribution in [3.05, 3.63) is 100 Å². The summed E-state index contributed by atoms with van der Waals surface area (Å²) in [6, 6.07) is 18.0. The van der Waals surface area contributed by atoms with E-state index in [-0.39, 0.29) is 5.91 Å². The minimum Gasteiger partial charge on any atom is -0.330 e. The molecule has 3 heteroatoms. The smallest absolute Gasteiger partial charge is 0.254 e. The third kappa shape index (κ3) is 4.17. The maximum Gasteiger partial charge on any atom is 0.254 e. The number of aryl methyl sites for hydroxylation is 3. The largest absolute Gasteiger partial charge is 0.330 e. The lowest BCUT2D eigenvalue weighted by atomic mass is 10.0. The Morgan fingerprint density at radius 1 is 0.885 bits per heavy atom. The Kier molecular flexibility index (Phi) is 5.47.